The molecule has 2 aromatic rings. The van der Waals surface area contributed by atoms with Crippen molar-refractivity contribution < 1.29 is 24.0 Å². The SMILES string of the molecule is Cc1cc([N+](=O)[O-])ccc1Oc1c(F)cccc1C(=O)O. The summed E-state index contributed by atoms with van der Waals surface area (Å²) >= 11 is 0. The molecule has 0 aliphatic carbocycles. The number of para-hydroxylation sites is 1. The molecular weight excluding hydrogens is 281 g/mol. The van der Waals surface area contributed by atoms with Crippen molar-refractivity contribution in [3.05, 3.63) is 63.5 Å². The van der Waals surface area contributed by atoms with Gasteiger partial charge in [-0.15, -0.1) is 0 Å². The minimum atomic E-state index is -1.33. The van der Waals surface area contributed by atoms with Gasteiger partial charge in [-0.2, -0.15) is 0 Å². The van der Waals surface area contributed by atoms with Crippen LogP contribution < -0.4 is 4.74 Å². The minimum absolute atomic E-state index is 0.133. The first-order valence-corrected chi connectivity index (χ1v) is 5.85. The molecule has 0 aliphatic heterocycles. The standard InChI is InChI=1S/C14H10FNO5/c1-8-7-9(16(19)20)5-6-12(8)21-13-10(14(17)18)3-2-4-11(13)15/h2-7H,1H3,(H,17,18). The third-order valence-electron chi connectivity index (χ3n) is 2.78. The van der Waals surface area contributed by atoms with E-state index < -0.39 is 22.5 Å². The number of rotatable bonds is 4. The summed E-state index contributed by atoms with van der Waals surface area (Å²) in [6.07, 6.45) is 0. The Morgan fingerprint density at radius 3 is 2.62 bits per heavy atom. The smallest absolute Gasteiger partial charge is 0.339 e. The van der Waals surface area contributed by atoms with Gasteiger partial charge >= 0.3 is 5.97 Å². The van der Waals surface area contributed by atoms with Crippen molar-refractivity contribution in [2.24, 2.45) is 0 Å². The number of benzene rings is 2. The van der Waals surface area contributed by atoms with Crippen LogP contribution in [-0.4, -0.2) is 16.0 Å². The van der Waals surface area contributed by atoms with E-state index in [1.165, 1.54) is 30.3 Å². The molecule has 7 heteroatoms. The van der Waals surface area contributed by atoms with Gasteiger partial charge in [0.15, 0.2) is 11.6 Å². The highest BCUT2D eigenvalue weighted by Gasteiger charge is 2.18. The lowest BCUT2D eigenvalue weighted by Crippen LogP contribution is -2.02. The van der Waals surface area contributed by atoms with Crippen LogP contribution in [0.2, 0.25) is 0 Å². The van der Waals surface area contributed by atoms with E-state index >= 15 is 0 Å². The lowest BCUT2D eigenvalue weighted by atomic mass is 10.1. The second-order valence-electron chi connectivity index (χ2n) is 4.23. The first kappa shape index (κ1) is 14.4. The number of nitrogens with zero attached hydrogens (tertiary/aromatic N) is 1. The van der Waals surface area contributed by atoms with Crippen LogP contribution in [0.25, 0.3) is 0 Å². The first-order valence-electron chi connectivity index (χ1n) is 5.85. The number of nitro groups is 1. The number of hydrogen-bond donors (Lipinski definition) is 1. The highest BCUT2D eigenvalue weighted by atomic mass is 19.1. The molecule has 0 radical (unpaired) electrons. The molecule has 0 aromatic heterocycles. The molecule has 0 saturated heterocycles. The van der Waals surface area contributed by atoms with Gasteiger partial charge < -0.3 is 9.84 Å². The highest BCUT2D eigenvalue weighted by Crippen LogP contribution is 2.32. The Hall–Kier alpha value is -2.96. The lowest BCUT2D eigenvalue weighted by Gasteiger charge is -2.11. The Morgan fingerprint density at radius 1 is 1.33 bits per heavy atom. The number of non-ortho nitro benzene ring substituents is 1. The van der Waals surface area contributed by atoms with Crippen molar-refractivity contribution in [3.8, 4) is 11.5 Å². The molecular formula is C14H10FNO5. The molecule has 0 unspecified atom stereocenters. The fourth-order valence-corrected chi connectivity index (χ4v) is 1.75. The summed E-state index contributed by atoms with van der Waals surface area (Å²) in [7, 11) is 0. The van der Waals surface area contributed by atoms with Gasteiger partial charge in [-0.3, -0.25) is 10.1 Å². The zero-order valence-electron chi connectivity index (χ0n) is 10.9. The van der Waals surface area contributed by atoms with E-state index in [9.17, 15) is 19.3 Å². The van der Waals surface area contributed by atoms with Gasteiger partial charge in [-0.05, 0) is 30.7 Å². The van der Waals surface area contributed by atoms with E-state index in [0.29, 0.717) is 5.56 Å². The summed E-state index contributed by atoms with van der Waals surface area (Å²) in [5.74, 6) is -2.44. The maximum absolute atomic E-state index is 13.7. The molecule has 0 aliphatic rings. The average Bonchev–Trinajstić information content (AvgIpc) is 2.42. The Labute approximate surface area is 118 Å². The normalized spacial score (nSPS) is 10.2. The minimum Gasteiger partial charge on any atom is -0.478 e. The molecule has 1 N–H and O–H groups in total. The van der Waals surface area contributed by atoms with Crippen LogP contribution >= 0.6 is 0 Å². The van der Waals surface area contributed by atoms with Crippen molar-refractivity contribution in [3.63, 3.8) is 0 Å². The molecule has 2 rings (SSSR count). The lowest BCUT2D eigenvalue weighted by molar-refractivity contribution is -0.384. The van der Waals surface area contributed by atoms with Gasteiger partial charge in [0, 0.05) is 12.1 Å². The fraction of sp³-hybridized carbons (Fsp3) is 0.0714. The Morgan fingerprint density at radius 2 is 2.05 bits per heavy atom. The van der Waals surface area contributed by atoms with Gasteiger partial charge in [0.25, 0.3) is 5.69 Å². The van der Waals surface area contributed by atoms with Gasteiger partial charge in [0.1, 0.15) is 11.3 Å². The predicted molar refractivity (Wildman–Crippen MR) is 71.3 cm³/mol. The molecule has 0 heterocycles. The van der Waals surface area contributed by atoms with Crippen molar-refractivity contribution in [2.45, 2.75) is 6.92 Å². The van der Waals surface area contributed by atoms with Crippen LogP contribution in [0.3, 0.4) is 0 Å². The number of carboxylic acids is 1. The first-order chi connectivity index (χ1) is 9.90. The Balaban J connectivity index is 2.44. The third kappa shape index (κ3) is 2.97. The second-order valence-corrected chi connectivity index (χ2v) is 4.23. The molecule has 108 valence electrons. The second kappa shape index (κ2) is 5.58. The van der Waals surface area contributed by atoms with E-state index in [1.807, 2.05) is 0 Å². The van der Waals surface area contributed by atoms with E-state index in [-0.39, 0.29) is 17.0 Å². The van der Waals surface area contributed by atoms with Crippen LogP contribution in [0.5, 0.6) is 11.5 Å². The van der Waals surface area contributed by atoms with Gasteiger partial charge in [-0.1, -0.05) is 6.07 Å². The van der Waals surface area contributed by atoms with Gasteiger partial charge in [-0.25, -0.2) is 9.18 Å². The fourth-order valence-electron chi connectivity index (χ4n) is 1.75. The van der Waals surface area contributed by atoms with Crippen molar-refractivity contribution >= 4 is 11.7 Å². The van der Waals surface area contributed by atoms with Crippen molar-refractivity contribution in [1.82, 2.24) is 0 Å². The van der Waals surface area contributed by atoms with Gasteiger partial charge in [0.05, 0.1) is 4.92 Å². The molecule has 2 aromatic carbocycles. The number of hydrogen-bond acceptors (Lipinski definition) is 4. The number of halogens is 1. The van der Waals surface area contributed by atoms with E-state index in [1.54, 1.807) is 6.92 Å². The molecule has 0 bridgehead atoms. The van der Waals surface area contributed by atoms with Crippen LogP contribution in [-0.2, 0) is 0 Å². The van der Waals surface area contributed by atoms with E-state index in [0.717, 1.165) is 6.07 Å². The Kier molecular flexibility index (Phi) is 3.84. The summed E-state index contributed by atoms with van der Waals surface area (Å²) < 4.78 is 19.0. The largest absolute Gasteiger partial charge is 0.478 e. The monoisotopic (exact) mass is 291 g/mol. The number of carboxylic acid groups (broad SMARTS) is 1. The maximum Gasteiger partial charge on any atom is 0.339 e. The summed E-state index contributed by atoms with van der Waals surface area (Å²) in [5.41, 5.74) is -0.0663. The number of ether oxygens (including phenoxy) is 1. The van der Waals surface area contributed by atoms with E-state index in [2.05, 4.69) is 0 Å². The zero-order valence-corrected chi connectivity index (χ0v) is 10.9. The Bertz CT molecular complexity index is 729. The summed E-state index contributed by atoms with van der Waals surface area (Å²) in [6, 6.07) is 7.30. The van der Waals surface area contributed by atoms with E-state index in [4.69, 9.17) is 9.84 Å². The summed E-state index contributed by atoms with van der Waals surface area (Å²) in [5, 5.41) is 19.7. The molecule has 0 amide bonds. The number of nitro benzene ring substituents is 1. The van der Waals surface area contributed by atoms with Gasteiger partial charge in [0.2, 0.25) is 0 Å². The molecule has 6 nitrogen and oxygen atoms in total. The third-order valence-corrected chi connectivity index (χ3v) is 2.78. The predicted octanol–water partition coefficient (Wildman–Crippen LogP) is 3.53. The average molecular weight is 291 g/mol. The molecule has 0 spiro atoms. The number of aromatic carboxylic acids is 1. The molecule has 0 atom stereocenters. The quantitative estimate of drug-likeness (QED) is 0.687. The van der Waals surface area contributed by atoms with Crippen molar-refractivity contribution in [2.75, 3.05) is 0 Å². The number of carbonyl (C=O) groups is 1. The number of aryl methyl sites for hydroxylation is 1. The molecule has 0 saturated carbocycles. The summed E-state index contributed by atoms with van der Waals surface area (Å²) in [6.45, 7) is 1.55. The molecule has 21 heavy (non-hydrogen) atoms. The molecule has 0 fully saturated rings. The maximum atomic E-state index is 13.7. The highest BCUT2D eigenvalue weighted by molar-refractivity contribution is 5.91. The van der Waals surface area contributed by atoms with Crippen LogP contribution in [0.1, 0.15) is 15.9 Å². The zero-order chi connectivity index (χ0) is 15.6. The topological polar surface area (TPSA) is 89.7 Å². The van der Waals surface area contributed by atoms with Crippen LogP contribution in [0.4, 0.5) is 10.1 Å². The van der Waals surface area contributed by atoms with Crippen LogP contribution in [0.15, 0.2) is 36.4 Å². The van der Waals surface area contributed by atoms with Crippen molar-refractivity contribution in [1.29, 1.82) is 0 Å². The summed E-state index contributed by atoms with van der Waals surface area (Å²) in [4.78, 5) is 21.1. The van der Waals surface area contributed by atoms with Crippen LogP contribution in [0, 0.1) is 22.9 Å².